The number of benzene rings is 1. The van der Waals surface area contributed by atoms with Crippen molar-refractivity contribution in [3.8, 4) is 0 Å². The molecule has 5 heteroatoms. The highest BCUT2D eigenvalue weighted by atomic mass is 16.3. The number of rotatable bonds is 3. The zero-order valence-corrected chi connectivity index (χ0v) is 12.0. The second kappa shape index (κ2) is 5.00. The third-order valence-electron chi connectivity index (χ3n) is 3.94. The molecule has 1 aromatic heterocycles. The van der Waals surface area contributed by atoms with Crippen LogP contribution in [0.4, 0.5) is 5.69 Å². The number of aromatic nitrogens is 1. The molecular formula is C16H19N3O2. The normalized spacial score (nSPS) is 16.8. The maximum Gasteiger partial charge on any atom is 0.272 e. The van der Waals surface area contributed by atoms with Gasteiger partial charge in [0.25, 0.3) is 5.91 Å². The van der Waals surface area contributed by atoms with Gasteiger partial charge in [0.2, 0.25) is 0 Å². The first-order valence-electron chi connectivity index (χ1n) is 7.19. The Balaban J connectivity index is 1.83. The van der Waals surface area contributed by atoms with Gasteiger partial charge in [0, 0.05) is 11.1 Å². The summed E-state index contributed by atoms with van der Waals surface area (Å²) >= 11 is 0. The topological polar surface area (TPSA) is 79.5 Å². The molecule has 3 rings (SSSR count). The van der Waals surface area contributed by atoms with E-state index in [9.17, 15) is 9.90 Å². The zero-order valence-electron chi connectivity index (χ0n) is 12.0. The molecule has 110 valence electrons. The molecule has 1 aliphatic heterocycles. The molecule has 1 aliphatic rings. The Morgan fingerprint density at radius 3 is 2.86 bits per heavy atom. The van der Waals surface area contributed by atoms with Crippen LogP contribution in [0.5, 0.6) is 0 Å². The van der Waals surface area contributed by atoms with Gasteiger partial charge in [-0.3, -0.25) is 4.79 Å². The van der Waals surface area contributed by atoms with E-state index in [1.165, 1.54) is 0 Å². The number of β-amino-alcohol motifs (C(OH)–C–C–N with tert-alkyl or cyclic N) is 1. The number of carbonyl (C=O) groups excluding carboxylic acids is 1. The number of fused-ring (bicyclic) bond motifs is 1. The van der Waals surface area contributed by atoms with E-state index in [0.29, 0.717) is 36.4 Å². The minimum Gasteiger partial charge on any atom is -0.398 e. The van der Waals surface area contributed by atoms with E-state index >= 15 is 0 Å². The van der Waals surface area contributed by atoms with E-state index in [4.69, 9.17) is 5.73 Å². The predicted octanol–water partition coefficient (Wildman–Crippen LogP) is 1.80. The highest BCUT2D eigenvalue weighted by molar-refractivity contribution is 5.99. The molecule has 21 heavy (non-hydrogen) atoms. The van der Waals surface area contributed by atoms with Gasteiger partial charge in [0.1, 0.15) is 5.69 Å². The summed E-state index contributed by atoms with van der Waals surface area (Å²) in [7, 11) is 0. The Hall–Kier alpha value is -2.14. The molecule has 0 atom stereocenters. The first kappa shape index (κ1) is 13.8. The first-order chi connectivity index (χ1) is 10.0. The van der Waals surface area contributed by atoms with Gasteiger partial charge in [-0.25, -0.2) is 4.98 Å². The summed E-state index contributed by atoms with van der Waals surface area (Å²) < 4.78 is 0. The number of likely N-dealkylation sites (tertiary alicyclic amines) is 1. The van der Waals surface area contributed by atoms with Crippen LogP contribution in [0, 0.1) is 0 Å². The minimum absolute atomic E-state index is 0.173. The molecule has 1 amide bonds. The van der Waals surface area contributed by atoms with Gasteiger partial charge < -0.3 is 15.7 Å². The number of carbonyl (C=O) groups is 1. The predicted molar refractivity (Wildman–Crippen MR) is 81.9 cm³/mol. The third kappa shape index (κ3) is 2.45. The van der Waals surface area contributed by atoms with Crippen LogP contribution in [0.1, 0.15) is 30.3 Å². The molecule has 2 aromatic rings. The van der Waals surface area contributed by atoms with Crippen LogP contribution in [0.25, 0.3) is 10.9 Å². The lowest BCUT2D eigenvalue weighted by Crippen LogP contribution is -2.63. The van der Waals surface area contributed by atoms with Crippen LogP contribution in [0.2, 0.25) is 0 Å². The van der Waals surface area contributed by atoms with Crippen molar-refractivity contribution in [1.29, 1.82) is 0 Å². The highest BCUT2D eigenvalue weighted by Crippen LogP contribution is 2.28. The van der Waals surface area contributed by atoms with Gasteiger partial charge in [-0.2, -0.15) is 0 Å². The number of hydrogen-bond acceptors (Lipinski definition) is 4. The third-order valence-corrected chi connectivity index (χ3v) is 3.94. The number of aliphatic hydroxyl groups is 1. The average molecular weight is 285 g/mol. The number of amides is 1. The number of hydrogen-bond donors (Lipinski definition) is 2. The van der Waals surface area contributed by atoms with Crippen molar-refractivity contribution in [1.82, 2.24) is 9.88 Å². The van der Waals surface area contributed by atoms with Crippen LogP contribution < -0.4 is 5.73 Å². The average Bonchev–Trinajstić information content (AvgIpc) is 2.44. The van der Waals surface area contributed by atoms with Crippen molar-refractivity contribution < 1.29 is 9.90 Å². The largest absolute Gasteiger partial charge is 0.398 e. The smallest absolute Gasteiger partial charge is 0.272 e. The van der Waals surface area contributed by atoms with Crippen LogP contribution >= 0.6 is 0 Å². The van der Waals surface area contributed by atoms with Gasteiger partial charge in [-0.15, -0.1) is 0 Å². The summed E-state index contributed by atoms with van der Waals surface area (Å²) in [6.45, 7) is 2.76. The quantitative estimate of drug-likeness (QED) is 0.901. The fourth-order valence-corrected chi connectivity index (χ4v) is 2.91. The Bertz CT molecular complexity index is 693. The molecule has 5 nitrogen and oxygen atoms in total. The van der Waals surface area contributed by atoms with Crippen LogP contribution in [-0.4, -0.2) is 39.6 Å². The molecule has 1 saturated heterocycles. The Morgan fingerprint density at radius 1 is 1.43 bits per heavy atom. The van der Waals surface area contributed by atoms with Crippen molar-refractivity contribution in [2.45, 2.75) is 25.4 Å². The molecule has 3 N–H and O–H groups in total. The minimum atomic E-state index is -0.729. The SMILES string of the molecule is CCCC1(O)CN(C(=O)c2cc(N)c3ccccc3n2)C1. The first-order valence-corrected chi connectivity index (χ1v) is 7.19. The summed E-state index contributed by atoms with van der Waals surface area (Å²) in [6.07, 6.45) is 1.61. The second-order valence-corrected chi connectivity index (χ2v) is 5.75. The molecule has 0 spiro atoms. The lowest BCUT2D eigenvalue weighted by Gasteiger charge is -2.46. The molecule has 1 fully saturated rings. The van der Waals surface area contributed by atoms with Crippen LogP contribution in [0.3, 0.4) is 0 Å². The van der Waals surface area contributed by atoms with E-state index in [1.54, 1.807) is 11.0 Å². The standard InChI is InChI=1S/C16H19N3O2/c1-2-7-16(21)9-19(10-16)15(20)14-8-12(17)11-5-3-4-6-13(11)18-14/h3-6,8,21H,2,7,9-10H2,1H3,(H2,17,18). The van der Waals surface area contributed by atoms with Crippen molar-refractivity contribution in [3.05, 3.63) is 36.0 Å². The molecular weight excluding hydrogens is 266 g/mol. The molecule has 0 unspecified atom stereocenters. The number of anilines is 1. The van der Waals surface area contributed by atoms with Crippen molar-refractivity contribution in [3.63, 3.8) is 0 Å². The monoisotopic (exact) mass is 285 g/mol. The molecule has 1 aromatic carbocycles. The zero-order chi connectivity index (χ0) is 15.0. The van der Waals surface area contributed by atoms with E-state index in [1.807, 2.05) is 31.2 Å². The van der Waals surface area contributed by atoms with E-state index in [-0.39, 0.29) is 5.91 Å². The maximum absolute atomic E-state index is 12.4. The van der Waals surface area contributed by atoms with Gasteiger partial charge in [-0.05, 0) is 18.6 Å². The summed E-state index contributed by atoms with van der Waals surface area (Å²) in [5.74, 6) is -0.173. The molecule has 0 saturated carbocycles. The van der Waals surface area contributed by atoms with Gasteiger partial charge in [0.15, 0.2) is 0 Å². The lowest BCUT2D eigenvalue weighted by atomic mass is 9.89. The Labute approximate surface area is 123 Å². The Morgan fingerprint density at radius 2 is 2.14 bits per heavy atom. The van der Waals surface area contributed by atoms with Crippen LogP contribution in [0.15, 0.2) is 30.3 Å². The van der Waals surface area contributed by atoms with E-state index in [2.05, 4.69) is 4.98 Å². The second-order valence-electron chi connectivity index (χ2n) is 5.75. The molecule has 0 bridgehead atoms. The molecule has 0 aliphatic carbocycles. The van der Waals surface area contributed by atoms with E-state index in [0.717, 1.165) is 11.8 Å². The summed E-state index contributed by atoms with van der Waals surface area (Å²) in [4.78, 5) is 18.4. The number of nitrogen functional groups attached to an aromatic ring is 1. The summed E-state index contributed by atoms with van der Waals surface area (Å²) in [5, 5.41) is 11.0. The number of nitrogens with two attached hydrogens (primary N) is 1. The maximum atomic E-state index is 12.4. The molecule has 2 heterocycles. The van der Waals surface area contributed by atoms with Crippen molar-refractivity contribution in [2.24, 2.45) is 0 Å². The summed E-state index contributed by atoms with van der Waals surface area (Å²) in [5.41, 5.74) is 6.87. The van der Waals surface area contributed by atoms with Gasteiger partial charge in [0.05, 0.1) is 24.2 Å². The van der Waals surface area contributed by atoms with E-state index < -0.39 is 5.60 Å². The van der Waals surface area contributed by atoms with Gasteiger partial charge >= 0.3 is 0 Å². The summed E-state index contributed by atoms with van der Waals surface area (Å²) in [6, 6.07) is 9.10. The van der Waals surface area contributed by atoms with Crippen molar-refractivity contribution >= 4 is 22.5 Å². The fourth-order valence-electron chi connectivity index (χ4n) is 2.91. The number of nitrogens with zero attached hydrogens (tertiary/aromatic N) is 2. The fraction of sp³-hybridized carbons (Fsp3) is 0.375. The van der Waals surface area contributed by atoms with Gasteiger partial charge in [-0.1, -0.05) is 31.5 Å². The number of pyridine rings is 1. The highest BCUT2D eigenvalue weighted by Gasteiger charge is 2.43. The van der Waals surface area contributed by atoms with Crippen molar-refractivity contribution in [2.75, 3.05) is 18.8 Å². The van der Waals surface area contributed by atoms with Crippen LogP contribution in [-0.2, 0) is 0 Å². The number of para-hydroxylation sites is 1. The Kier molecular flexibility index (Phi) is 3.29. The lowest BCUT2D eigenvalue weighted by molar-refractivity contribution is -0.0861. The molecule has 0 radical (unpaired) electrons.